The summed E-state index contributed by atoms with van der Waals surface area (Å²) in [6, 6.07) is 10.6. The van der Waals surface area contributed by atoms with E-state index in [2.05, 4.69) is 22.4 Å². The van der Waals surface area contributed by atoms with E-state index in [1.54, 1.807) is 0 Å². The van der Waals surface area contributed by atoms with Crippen LogP contribution in [0, 0.1) is 5.92 Å². The van der Waals surface area contributed by atoms with Crippen molar-refractivity contribution in [2.75, 3.05) is 11.9 Å². The van der Waals surface area contributed by atoms with Crippen LogP contribution in [0.25, 0.3) is 10.9 Å². The zero-order valence-electron chi connectivity index (χ0n) is 10.5. The summed E-state index contributed by atoms with van der Waals surface area (Å²) in [5.41, 5.74) is 8.31. The molecule has 3 N–H and O–H groups in total. The smallest absolute Gasteiger partial charge is 0.0722 e. The third-order valence-electron chi connectivity index (χ3n) is 3.92. The van der Waals surface area contributed by atoms with Crippen molar-refractivity contribution in [1.29, 1.82) is 0 Å². The van der Waals surface area contributed by atoms with Crippen molar-refractivity contribution in [3.63, 3.8) is 0 Å². The number of anilines is 1. The van der Waals surface area contributed by atoms with Crippen LogP contribution in [-0.4, -0.2) is 17.6 Å². The van der Waals surface area contributed by atoms with Gasteiger partial charge in [-0.05, 0) is 30.9 Å². The average Bonchev–Trinajstić information content (AvgIpc) is 2.82. The molecule has 1 aromatic heterocycles. The minimum absolute atomic E-state index is 0.366. The minimum Gasteiger partial charge on any atom is -0.384 e. The molecule has 0 bridgehead atoms. The standard InChI is InChI=1S/C15H19N3/c16-13-6-3-4-11(13)10-18-15-8-9-17-14-7-2-1-5-12(14)15/h1-2,5,7-9,11,13H,3-4,6,10,16H2,(H,17,18). The maximum Gasteiger partial charge on any atom is 0.0722 e. The Morgan fingerprint density at radius 2 is 2.11 bits per heavy atom. The summed E-state index contributed by atoms with van der Waals surface area (Å²) in [4.78, 5) is 4.37. The highest BCUT2D eigenvalue weighted by molar-refractivity contribution is 5.90. The topological polar surface area (TPSA) is 50.9 Å². The Labute approximate surface area is 107 Å². The zero-order valence-corrected chi connectivity index (χ0v) is 10.5. The quantitative estimate of drug-likeness (QED) is 0.868. The Kier molecular flexibility index (Phi) is 3.15. The van der Waals surface area contributed by atoms with E-state index in [0.717, 1.165) is 12.1 Å². The van der Waals surface area contributed by atoms with Crippen LogP contribution >= 0.6 is 0 Å². The SMILES string of the molecule is NC1CCCC1CNc1ccnc2ccccc12. The van der Waals surface area contributed by atoms with Gasteiger partial charge in [-0.2, -0.15) is 0 Å². The summed E-state index contributed by atoms with van der Waals surface area (Å²) in [5.74, 6) is 0.608. The van der Waals surface area contributed by atoms with Crippen LogP contribution in [0.15, 0.2) is 36.5 Å². The molecule has 2 aromatic rings. The van der Waals surface area contributed by atoms with Gasteiger partial charge in [-0.25, -0.2) is 0 Å². The molecule has 1 fully saturated rings. The predicted octanol–water partition coefficient (Wildman–Crippen LogP) is 2.77. The molecular formula is C15H19N3. The first-order valence-electron chi connectivity index (χ1n) is 6.68. The van der Waals surface area contributed by atoms with Crippen molar-refractivity contribution in [3.8, 4) is 0 Å². The van der Waals surface area contributed by atoms with Gasteiger partial charge in [0.05, 0.1) is 5.52 Å². The Morgan fingerprint density at radius 1 is 1.22 bits per heavy atom. The Morgan fingerprint density at radius 3 is 2.94 bits per heavy atom. The molecule has 2 atom stereocenters. The van der Waals surface area contributed by atoms with Gasteiger partial charge in [0.2, 0.25) is 0 Å². The number of aromatic nitrogens is 1. The molecule has 0 spiro atoms. The summed E-state index contributed by atoms with van der Waals surface area (Å²) >= 11 is 0. The Balaban J connectivity index is 1.78. The summed E-state index contributed by atoms with van der Waals surface area (Å²) in [6.45, 7) is 0.967. The summed E-state index contributed by atoms with van der Waals surface area (Å²) < 4.78 is 0. The number of pyridine rings is 1. The number of hydrogen-bond donors (Lipinski definition) is 2. The third kappa shape index (κ3) is 2.18. The van der Waals surface area contributed by atoms with Gasteiger partial charge >= 0.3 is 0 Å². The van der Waals surface area contributed by atoms with Gasteiger partial charge in [0.25, 0.3) is 0 Å². The first kappa shape index (κ1) is 11.5. The molecule has 1 aliphatic rings. The predicted molar refractivity (Wildman–Crippen MR) is 75.5 cm³/mol. The molecule has 3 heteroatoms. The number of fused-ring (bicyclic) bond motifs is 1. The maximum absolute atomic E-state index is 6.10. The number of nitrogens with zero attached hydrogens (tertiary/aromatic N) is 1. The largest absolute Gasteiger partial charge is 0.384 e. The monoisotopic (exact) mass is 241 g/mol. The number of hydrogen-bond acceptors (Lipinski definition) is 3. The summed E-state index contributed by atoms with van der Waals surface area (Å²) in [6.07, 6.45) is 5.55. The summed E-state index contributed by atoms with van der Waals surface area (Å²) in [7, 11) is 0. The molecule has 2 unspecified atom stereocenters. The average molecular weight is 241 g/mol. The number of nitrogens with one attached hydrogen (secondary N) is 1. The molecule has 1 aliphatic carbocycles. The Bertz CT molecular complexity index is 533. The second-order valence-electron chi connectivity index (χ2n) is 5.11. The van der Waals surface area contributed by atoms with Crippen molar-refractivity contribution >= 4 is 16.6 Å². The molecule has 94 valence electrons. The molecule has 3 nitrogen and oxygen atoms in total. The van der Waals surface area contributed by atoms with Gasteiger partial charge in [0, 0.05) is 29.9 Å². The lowest BCUT2D eigenvalue weighted by molar-refractivity contribution is 0.505. The van der Waals surface area contributed by atoms with Gasteiger partial charge in [-0.1, -0.05) is 24.6 Å². The molecule has 1 heterocycles. The highest BCUT2D eigenvalue weighted by atomic mass is 14.9. The van der Waals surface area contributed by atoms with E-state index in [1.165, 1.54) is 30.3 Å². The fourth-order valence-electron chi connectivity index (χ4n) is 2.81. The lowest BCUT2D eigenvalue weighted by Crippen LogP contribution is -2.29. The van der Waals surface area contributed by atoms with Gasteiger partial charge < -0.3 is 11.1 Å². The normalized spacial score (nSPS) is 23.4. The number of nitrogens with two attached hydrogens (primary N) is 1. The van der Waals surface area contributed by atoms with Crippen LogP contribution in [-0.2, 0) is 0 Å². The number of para-hydroxylation sites is 1. The highest BCUT2D eigenvalue weighted by Crippen LogP contribution is 2.26. The van der Waals surface area contributed by atoms with E-state index in [9.17, 15) is 0 Å². The van der Waals surface area contributed by atoms with Gasteiger partial charge in [-0.3, -0.25) is 4.98 Å². The van der Waals surface area contributed by atoms with Gasteiger partial charge in [-0.15, -0.1) is 0 Å². The molecule has 1 aromatic carbocycles. The van der Waals surface area contributed by atoms with E-state index in [1.807, 2.05) is 24.4 Å². The molecule has 18 heavy (non-hydrogen) atoms. The van der Waals surface area contributed by atoms with Crippen LogP contribution in [0.2, 0.25) is 0 Å². The van der Waals surface area contributed by atoms with Crippen LogP contribution in [0.4, 0.5) is 5.69 Å². The van der Waals surface area contributed by atoms with Crippen molar-refractivity contribution in [2.45, 2.75) is 25.3 Å². The molecule has 0 saturated heterocycles. The second-order valence-corrected chi connectivity index (χ2v) is 5.11. The zero-order chi connectivity index (χ0) is 12.4. The van der Waals surface area contributed by atoms with E-state index >= 15 is 0 Å². The first-order valence-corrected chi connectivity index (χ1v) is 6.68. The van der Waals surface area contributed by atoms with E-state index in [0.29, 0.717) is 12.0 Å². The van der Waals surface area contributed by atoms with Crippen molar-refractivity contribution in [1.82, 2.24) is 4.98 Å². The van der Waals surface area contributed by atoms with E-state index < -0.39 is 0 Å². The van der Waals surface area contributed by atoms with Crippen LogP contribution in [0.5, 0.6) is 0 Å². The fourth-order valence-corrected chi connectivity index (χ4v) is 2.81. The van der Waals surface area contributed by atoms with Crippen LogP contribution in [0.1, 0.15) is 19.3 Å². The number of rotatable bonds is 3. The van der Waals surface area contributed by atoms with Gasteiger partial charge in [0.15, 0.2) is 0 Å². The first-order chi connectivity index (χ1) is 8.84. The third-order valence-corrected chi connectivity index (χ3v) is 3.92. The fraction of sp³-hybridized carbons (Fsp3) is 0.400. The second kappa shape index (κ2) is 4.94. The van der Waals surface area contributed by atoms with Gasteiger partial charge in [0.1, 0.15) is 0 Å². The summed E-state index contributed by atoms with van der Waals surface area (Å²) in [5, 5.41) is 4.73. The minimum atomic E-state index is 0.366. The molecular weight excluding hydrogens is 222 g/mol. The molecule has 1 saturated carbocycles. The van der Waals surface area contributed by atoms with E-state index in [4.69, 9.17) is 5.73 Å². The lowest BCUT2D eigenvalue weighted by Gasteiger charge is -2.17. The highest BCUT2D eigenvalue weighted by Gasteiger charge is 2.23. The molecule has 0 amide bonds. The van der Waals surface area contributed by atoms with Crippen molar-refractivity contribution in [2.24, 2.45) is 11.7 Å². The number of benzene rings is 1. The molecule has 0 aliphatic heterocycles. The maximum atomic E-state index is 6.10. The van der Waals surface area contributed by atoms with Crippen molar-refractivity contribution < 1.29 is 0 Å². The van der Waals surface area contributed by atoms with Crippen LogP contribution in [0.3, 0.4) is 0 Å². The van der Waals surface area contributed by atoms with Crippen molar-refractivity contribution in [3.05, 3.63) is 36.5 Å². The Hall–Kier alpha value is -1.61. The van der Waals surface area contributed by atoms with E-state index in [-0.39, 0.29) is 0 Å². The van der Waals surface area contributed by atoms with Crippen LogP contribution < -0.4 is 11.1 Å². The molecule has 3 rings (SSSR count). The lowest BCUT2D eigenvalue weighted by atomic mass is 10.0. The molecule has 0 radical (unpaired) electrons.